The van der Waals surface area contributed by atoms with Crippen LogP contribution in [0.25, 0.3) is 0 Å². The lowest BCUT2D eigenvalue weighted by atomic mass is 10.3. The van der Waals surface area contributed by atoms with Crippen molar-refractivity contribution in [1.29, 1.82) is 0 Å². The minimum Gasteiger partial charge on any atom is -0.465 e. The molecule has 0 spiro atoms. The molecular formula is C9H14O3S. The Morgan fingerprint density at radius 1 is 1.38 bits per heavy atom. The van der Waals surface area contributed by atoms with E-state index in [2.05, 4.69) is 0 Å². The molecule has 1 aliphatic carbocycles. The first-order valence-corrected chi connectivity index (χ1v) is 5.65. The van der Waals surface area contributed by atoms with Gasteiger partial charge in [0.25, 0.3) is 0 Å². The van der Waals surface area contributed by atoms with Gasteiger partial charge in [0, 0.05) is 5.92 Å². The standard InChI is InChI=1S/C9H14O3S/c1-2-12-9(11)6-13-5-8(10)7-3-4-7/h7H,2-6H2,1H3. The van der Waals surface area contributed by atoms with Crippen LogP contribution in [0.2, 0.25) is 0 Å². The van der Waals surface area contributed by atoms with E-state index in [1.807, 2.05) is 0 Å². The van der Waals surface area contributed by atoms with Gasteiger partial charge in [-0.2, -0.15) is 0 Å². The summed E-state index contributed by atoms with van der Waals surface area (Å²) in [6, 6.07) is 0. The molecule has 0 aromatic carbocycles. The Bertz CT molecular complexity index is 199. The van der Waals surface area contributed by atoms with E-state index in [-0.39, 0.29) is 11.8 Å². The summed E-state index contributed by atoms with van der Waals surface area (Å²) >= 11 is 1.35. The smallest absolute Gasteiger partial charge is 0.315 e. The van der Waals surface area contributed by atoms with E-state index in [0.29, 0.717) is 24.0 Å². The van der Waals surface area contributed by atoms with Crippen molar-refractivity contribution < 1.29 is 14.3 Å². The number of esters is 1. The van der Waals surface area contributed by atoms with E-state index in [4.69, 9.17) is 4.74 Å². The third-order valence-electron chi connectivity index (χ3n) is 1.80. The largest absolute Gasteiger partial charge is 0.465 e. The molecule has 0 aliphatic heterocycles. The summed E-state index contributed by atoms with van der Waals surface area (Å²) in [6.45, 7) is 2.19. The van der Waals surface area contributed by atoms with Gasteiger partial charge in [-0.1, -0.05) is 0 Å². The van der Waals surface area contributed by atoms with Crippen molar-refractivity contribution in [1.82, 2.24) is 0 Å². The summed E-state index contributed by atoms with van der Waals surface area (Å²) in [6.07, 6.45) is 2.08. The fourth-order valence-electron chi connectivity index (χ4n) is 0.961. The first-order valence-electron chi connectivity index (χ1n) is 4.50. The van der Waals surface area contributed by atoms with Crippen molar-refractivity contribution in [3.63, 3.8) is 0 Å². The second-order valence-electron chi connectivity index (χ2n) is 3.04. The van der Waals surface area contributed by atoms with Gasteiger partial charge < -0.3 is 4.74 Å². The number of carbonyl (C=O) groups excluding carboxylic acids is 2. The van der Waals surface area contributed by atoms with Crippen molar-refractivity contribution in [2.75, 3.05) is 18.1 Å². The highest BCUT2D eigenvalue weighted by molar-refractivity contribution is 8.00. The summed E-state index contributed by atoms with van der Waals surface area (Å²) in [7, 11) is 0. The molecule has 1 rings (SSSR count). The molecule has 1 fully saturated rings. The van der Waals surface area contributed by atoms with Crippen LogP contribution >= 0.6 is 11.8 Å². The predicted octanol–water partition coefficient (Wildman–Crippen LogP) is 1.26. The molecule has 0 N–H and O–H groups in total. The number of ether oxygens (including phenoxy) is 1. The van der Waals surface area contributed by atoms with E-state index in [9.17, 15) is 9.59 Å². The molecule has 13 heavy (non-hydrogen) atoms. The Hall–Kier alpha value is -0.510. The number of Topliss-reactive ketones (excluding diaryl/α,β-unsaturated/α-hetero) is 1. The highest BCUT2D eigenvalue weighted by atomic mass is 32.2. The average Bonchev–Trinajstić information content (AvgIpc) is 2.86. The van der Waals surface area contributed by atoms with Gasteiger partial charge in [-0.05, 0) is 19.8 Å². The molecule has 0 heterocycles. The molecular weight excluding hydrogens is 188 g/mol. The van der Waals surface area contributed by atoms with Crippen molar-refractivity contribution in [2.45, 2.75) is 19.8 Å². The lowest BCUT2D eigenvalue weighted by Crippen LogP contribution is -2.10. The second kappa shape index (κ2) is 5.27. The first kappa shape index (κ1) is 10.6. The van der Waals surface area contributed by atoms with Crippen molar-refractivity contribution >= 4 is 23.5 Å². The Balaban J connectivity index is 1.99. The van der Waals surface area contributed by atoms with E-state index in [1.54, 1.807) is 6.92 Å². The van der Waals surface area contributed by atoms with E-state index >= 15 is 0 Å². The van der Waals surface area contributed by atoms with Crippen molar-refractivity contribution in [3.05, 3.63) is 0 Å². The molecule has 0 amide bonds. The Labute approximate surface area is 82.2 Å². The van der Waals surface area contributed by atoms with Gasteiger partial charge in [0.2, 0.25) is 0 Å². The van der Waals surface area contributed by atoms with E-state index in [0.717, 1.165) is 12.8 Å². The number of rotatable bonds is 6. The number of hydrogen-bond acceptors (Lipinski definition) is 4. The van der Waals surface area contributed by atoms with Crippen LogP contribution in [0, 0.1) is 5.92 Å². The van der Waals surface area contributed by atoms with Gasteiger partial charge in [-0.3, -0.25) is 9.59 Å². The third kappa shape index (κ3) is 4.31. The van der Waals surface area contributed by atoms with E-state index < -0.39 is 0 Å². The maximum absolute atomic E-state index is 11.2. The normalized spacial score (nSPS) is 15.5. The van der Waals surface area contributed by atoms with Gasteiger partial charge in [0.15, 0.2) is 0 Å². The quantitative estimate of drug-likeness (QED) is 0.608. The Kier molecular flexibility index (Phi) is 4.28. The second-order valence-corrected chi connectivity index (χ2v) is 4.02. The number of thioether (sulfide) groups is 1. The third-order valence-corrected chi connectivity index (χ3v) is 2.73. The van der Waals surface area contributed by atoms with Gasteiger partial charge >= 0.3 is 5.97 Å². The summed E-state index contributed by atoms with van der Waals surface area (Å²) in [5.74, 6) is 1.12. The van der Waals surface area contributed by atoms with Gasteiger partial charge in [-0.25, -0.2) is 0 Å². The fourth-order valence-corrected chi connectivity index (χ4v) is 1.75. The van der Waals surface area contributed by atoms with Crippen molar-refractivity contribution in [3.8, 4) is 0 Å². The van der Waals surface area contributed by atoms with Crippen LogP contribution in [0.3, 0.4) is 0 Å². The van der Waals surface area contributed by atoms with Crippen LogP contribution in [-0.2, 0) is 14.3 Å². The molecule has 3 nitrogen and oxygen atoms in total. The van der Waals surface area contributed by atoms with Gasteiger partial charge in [-0.15, -0.1) is 11.8 Å². The highest BCUT2D eigenvalue weighted by Crippen LogP contribution is 2.30. The summed E-state index contributed by atoms with van der Waals surface area (Å²) < 4.78 is 4.73. The minimum absolute atomic E-state index is 0.226. The topological polar surface area (TPSA) is 43.4 Å². The van der Waals surface area contributed by atoms with Crippen LogP contribution < -0.4 is 0 Å². The zero-order valence-corrected chi connectivity index (χ0v) is 8.56. The van der Waals surface area contributed by atoms with Crippen molar-refractivity contribution in [2.24, 2.45) is 5.92 Å². The van der Waals surface area contributed by atoms with Crippen LogP contribution in [0.1, 0.15) is 19.8 Å². The summed E-state index contributed by atoms with van der Waals surface area (Å²) in [4.78, 5) is 22.0. The molecule has 0 aromatic rings. The lowest BCUT2D eigenvalue weighted by Gasteiger charge is -2.00. The fraction of sp³-hybridized carbons (Fsp3) is 0.778. The zero-order chi connectivity index (χ0) is 9.68. The average molecular weight is 202 g/mol. The SMILES string of the molecule is CCOC(=O)CSCC(=O)C1CC1. The van der Waals surface area contributed by atoms with Gasteiger partial charge in [0.1, 0.15) is 5.78 Å². The monoisotopic (exact) mass is 202 g/mol. The first-order chi connectivity index (χ1) is 6.24. The molecule has 0 unspecified atom stereocenters. The lowest BCUT2D eigenvalue weighted by molar-refractivity contribution is -0.139. The molecule has 0 radical (unpaired) electrons. The summed E-state index contributed by atoms with van der Waals surface area (Å²) in [5, 5.41) is 0. The van der Waals surface area contributed by atoms with Crippen LogP contribution in [-0.4, -0.2) is 29.9 Å². The molecule has 0 atom stereocenters. The molecule has 0 saturated heterocycles. The molecule has 74 valence electrons. The summed E-state index contributed by atoms with van der Waals surface area (Å²) in [5.41, 5.74) is 0. The molecule has 4 heteroatoms. The molecule has 1 aliphatic rings. The van der Waals surface area contributed by atoms with Crippen LogP contribution in [0.5, 0.6) is 0 Å². The van der Waals surface area contributed by atoms with E-state index in [1.165, 1.54) is 11.8 Å². The molecule has 1 saturated carbocycles. The maximum Gasteiger partial charge on any atom is 0.315 e. The number of hydrogen-bond donors (Lipinski definition) is 0. The maximum atomic E-state index is 11.2. The van der Waals surface area contributed by atoms with Gasteiger partial charge in [0.05, 0.1) is 18.1 Å². The molecule has 0 bridgehead atoms. The Morgan fingerprint density at radius 3 is 2.62 bits per heavy atom. The van der Waals surface area contributed by atoms with Crippen LogP contribution in [0.15, 0.2) is 0 Å². The predicted molar refractivity (Wildman–Crippen MR) is 51.7 cm³/mol. The molecule has 0 aromatic heterocycles. The zero-order valence-electron chi connectivity index (χ0n) is 7.75. The Morgan fingerprint density at radius 2 is 2.08 bits per heavy atom. The number of ketones is 1. The number of carbonyl (C=O) groups is 2. The highest BCUT2D eigenvalue weighted by Gasteiger charge is 2.28. The van der Waals surface area contributed by atoms with Crippen LogP contribution in [0.4, 0.5) is 0 Å². The minimum atomic E-state index is -0.226.